The van der Waals surface area contributed by atoms with Crippen LogP contribution in [-0.2, 0) is 0 Å². The van der Waals surface area contributed by atoms with E-state index in [0.29, 0.717) is 5.92 Å². The molecule has 0 aliphatic carbocycles. The molecule has 1 aromatic heterocycles. The van der Waals surface area contributed by atoms with E-state index in [1.54, 1.807) is 0 Å². The summed E-state index contributed by atoms with van der Waals surface area (Å²) in [6, 6.07) is 0.857. The molecular weight excluding hydrogens is 240 g/mol. The summed E-state index contributed by atoms with van der Waals surface area (Å²) in [6.07, 6.45) is 0.486. The van der Waals surface area contributed by atoms with Gasteiger partial charge in [-0.05, 0) is 18.8 Å². The number of alkyl halides is 2. The zero-order valence-corrected chi connectivity index (χ0v) is 10.3. The molecular formula is C12H17F2N3O. The Hall–Kier alpha value is -1.46. The van der Waals surface area contributed by atoms with Crippen molar-refractivity contribution in [3.63, 3.8) is 0 Å². The van der Waals surface area contributed by atoms with Gasteiger partial charge >= 0.3 is 0 Å². The molecule has 4 nitrogen and oxygen atoms in total. The molecule has 1 aromatic rings. The van der Waals surface area contributed by atoms with Crippen LogP contribution < -0.4 is 10.5 Å². The maximum Gasteiger partial charge on any atom is 0.280 e. The molecule has 0 spiro atoms. The van der Waals surface area contributed by atoms with Crippen LogP contribution in [0.5, 0.6) is 0 Å². The summed E-state index contributed by atoms with van der Waals surface area (Å²) in [6.45, 7) is 3.64. The summed E-state index contributed by atoms with van der Waals surface area (Å²) < 4.78 is 25.2. The molecule has 100 valence electrons. The first-order chi connectivity index (χ1) is 8.60. The topological polar surface area (TPSA) is 49.0 Å². The summed E-state index contributed by atoms with van der Waals surface area (Å²) >= 11 is 0. The summed E-state index contributed by atoms with van der Waals surface area (Å²) in [5.74, 6) is 0.815. The molecule has 1 unspecified atom stereocenters. The Morgan fingerprint density at radius 3 is 3.06 bits per heavy atom. The molecule has 2 heterocycles. The van der Waals surface area contributed by atoms with E-state index in [9.17, 15) is 13.6 Å². The largest absolute Gasteiger partial charge is 0.342 e. The van der Waals surface area contributed by atoms with Crippen molar-refractivity contribution in [2.24, 2.45) is 5.92 Å². The highest BCUT2D eigenvalue weighted by Crippen LogP contribution is 2.23. The summed E-state index contributed by atoms with van der Waals surface area (Å²) in [5.41, 5.74) is -0.971. The van der Waals surface area contributed by atoms with Crippen LogP contribution in [0.2, 0.25) is 0 Å². The van der Waals surface area contributed by atoms with E-state index in [1.165, 1.54) is 0 Å². The van der Waals surface area contributed by atoms with Crippen molar-refractivity contribution in [3.05, 3.63) is 22.1 Å². The maximum absolute atomic E-state index is 12.6. The first-order valence-corrected chi connectivity index (χ1v) is 6.24. The van der Waals surface area contributed by atoms with Gasteiger partial charge in [-0.3, -0.25) is 9.78 Å². The zero-order chi connectivity index (χ0) is 13.1. The van der Waals surface area contributed by atoms with Gasteiger partial charge in [-0.2, -0.15) is 0 Å². The fourth-order valence-electron chi connectivity index (χ4n) is 2.32. The van der Waals surface area contributed by atoms with Gasteiger partial charge in [-0.15, -0.1) is 0 Å². The lowest BCUT2D eigenvalue weighted by molar-refractivity contribution is 0.145. The van der Waals surface area contributed by atoms with Crippen LogP contribution in [0.4, 0.5) is 14.7 Å². The lowest BCUT2D eigenvalue weighted by Crippen LogP contribution is -2.37. The molecule has 0 bridgehead atoms. The predicted molar refractivity (Wildman–Crippen MR) is 65.0 cm³/mol. The number of H-pyrrole nitrogens is 1. The van der Waals surface area contributed by atoms with Gasteiger partial charge in [-0.1, -0.05) is 13.3 Å². The van der Waals surface area contributed by atoms with Gasteiger partial charge in [0.15, 0.2) is 0 Å². The van der Waals surface area contributed by atoms with Crippen LogP contribution >= 0.6 is 0 Å². The molecule has 0 saturated carbocycles. The van der Waals surface area contributed by atoms with Crippen LogP contribution in [0.15, 0.2) is 10.9 Å². The number of piperidine rings is 1. The minimum Gasteiger partial charge on any atom is -0.342 e. The average molecular weight is 257 g/mol. The monoisotopic (exact) mass is 257 g/mol. The Balaban J connectivity index is 2.24. The lowest BCUT2D eigenvalue weighted by atomic mass is 9.96. The molecule has 0 radical (unpaired) electrons. The summed E-state index contributed by atoms with van der Waals surface area (Å²) in [4.78, 5) is 19.6. The van der Waals surface area contributed by atoms with Gasteiger partial charge < -0.3 is 4.90 Å². The third-order valence-corrected chi connectivity index (χ3v) is 3.37. The molecule has 1 atom stereocenters. The third kappa shape index (κ3) is 2.86. The van der Waals surface area contributed by atoms with Crippen molar-refractivity contribution in [3.8, 4) is 0 Å². The second-order valence-corrected chi connectivity index (χ2v) is 4.66. The quantitative estimate of drug-likeness (QED) is 0.904. The number of hydrogen-bond donors (Lipinski definition) is 1. The first kappa shape index (κ1) is 13.0. The highest BCUT2D eigenvalue weighted by Gasteiger charge is 2.21. The number of nitrogens with one attached hydrogen (secondary N) is 1. The SMILES string of the molecule is CCC1CCCN(c2nc(C(F)F)cc(=O)[nH]2)C1. The minimum atomic E-state index is -2.71. The summed E-state index contributed by atoms with van der Waals surface area (Å²) in [5, 5.41) is 0. The van der Waals surface area contributed by atoms with E-state index < -0.39 is 17.7 Å². The number of anilines is 1. The van der Waals surface area contributed by atoms with Gasteiger partial charge in [0.05, 0.1) is 0 Å². The predicted octanol–water partition coefficient (Wildman–Crippen LogP) is 2.33. The maximum atomic E-state index is 12.6. The van der Waals surface area contributed by atoms with Crippen molar-refractivity contribution in [1.29, 1.82) is 0 Å². The lowest BCUT2D eigenvalue weighted by Gasteiger charge is -2.32. The average Bonchev–Trinajstić information content (AvgIpc) is 2.38. The Bertz CT molecular complexity index is 461. The van der Waals surface area contributed by atoms with Crippen LogP contribution in [0.3, 0.4) is 0 Å². The zero-order valence-electron chi connectivity index (χ0n) is 10.3. The van der Waals surface area contributed by atoms with E-state index >= 15 is 0 Å². The van der Waals surface area contributed by atoms with Crippen LogP contribution in [0.25, 0.3) is 0 Å². The van der Waals surface area contributed by atoms with Gasteiger partial charge in [0.1, 0.15) is 5.69 Å². The molecule has 1 saturated heterocycles. The molecule has 18 heavy (non-hydrogen) atoms. The van der Waals surface area contributed by atoms with Crippen molar-refractivity contribution in [1.82, 2.24) is 9.97 Å². The fourth-order valence-corrected chi connectivity index (χ4v) is 2.32. The van der Waals surface area contributed by atoms with Crippen LogP contribution in [-0.4, -0.2) is 23.1 Å². The van der Waals surface area contributed by atoms with Gasteiger partial charge in [0.2, 0.25) is 5.95 Å². The smallest absolute Gasteiger partial charge is 0.280 e. The van der Waals surface area contributed by atoms with E-state index in [1.807, 2.05) is 4.90 Å². The van der Waals surface area contributed by atoms with Gasteiger partial charge in [0.25, 0.3) is 12.0 Å². The van der Waals surface area contributed by atoms with Crippen molar-refractivity contribution < 1.29 is 8.78 Å². The molecule has 0 aromatic carbocycles. The van der Waals surface area contributed by atoms with Crippen molar-refractivity contribution in [2.45, 2.75) is 32.6 Å². The number of rotatable bonds is 3. The van der Waals surface area contributed by atoms with E-state index in [2.05, 4.69) is 16.9 Å². The number of halogens is 2. The van der Waals surface area contributed by atoms with E-state index in [-0.39, 0.29) is 5.95 Å². The molecule has 1 aliphatic heterocycles. The number of aromatic nitrogens is 2. The highest BCUT2D eigenvalue weighted by molar-refractivity contribution is 5.31. The van der Waals surface area contributed by atoms with E-state index in [4.69, 9.17) is 0 Å². The molecule has 0 amide bonds. The van der Waals surface area contributed by atoms with Crippen LogP contribution in [0.1, 0.15) is 38.3 Å². The Morgan fingerprint density at radius 1 is 1.61 bits per heavy atom. The van der Waals surface area contributed by atoms with Gasteiger partial charge in [0, 0.05) is 19.2 Å². The number of aromatic amines is 1. The van der Waals surface area contributed by atoms with Crippen molar-refractivity contribution in [2.75, 3.05) is 18.0 Å². The fraction of sp³-hybridized carbons (Fsp3) is 0.667. The van der Waals surface area contributed by atoms with E-state index in [0.717, 1.165) is 38.4 Å². The normalized spacial score (nSPS) is 20.4. The Morgan fingerprint density at radius 2 is 2.39 bits per heavy atom. The number of hydrogen-bond acceptors (Lipinski definition) is 3. The highest BCUT2D eigenvalue weighted by atomic mass is 19.3. The number of nitrogens with zero attached hydrogens (tertiary/aromatic N) is 2. The molecule has 1 aliphatic rings. The Kier molecular flexibility index (Phi) is 3.93. The molecule has 1 fully saturated rings. The standard InChI is InChI=1S/C12H17F2N3O/c1-2-8-4-3-5-17(7-8)12-15-9(11(13)14)6-10(18)16-12/h6,8,11H,2-5,7H2,1H3,(H,15,16,18). The molecule has 6 heteroatoms. The van der Waals surface area contributed by atoms with Crippen molar-refractivity contribution >= 4 is 5.95 Å². The summed E-state index contributed by atoms with van der Waals surface area (Å²) in [7, 11) is 0. The first-order valence-electron chi connectivity index (χ1n) is 6.24. The third-order valence-electron chi connectivity index (χ3n) is 3.37. The minimum absolute atomic E-state index is 0.274. The van der Waals surface area contributed by atoms with Crippen LogP contribution in [0, 0.1) is 5.92 Å². The second kappa shape index (κ2) is 5.46. The second-order valence-electron chi connectivity index (χ2n) is 4.66. The Labute approximate surface area is 104 Å². The molecule has 1 N–H and O–H groups in total. The van der Waals surface area contributed by atoms with Gasteiger partial charge in [-0.25, -0.2) is 13.8 Å². The molecule has 2 rings (SSSR count).